The van der Waals surface area contributed by atoms with E-state index in [1.54, 1.807) is 35.9 Å². The van der Waals surface area contributed by atoms with E-state index in [2.05, 4.69) is 5.16 Å². The Hall–Kier alpha value is -4.05. The number of cyclic esters (lactones) is 1. The summed E-state index contributed by atoms with van der Waals surface area (Å²) in [7, 11) is 0. The molecule has 2 aliphatic heterocycles. The second-order valence-electron chi connectivity index (χ2n) is 10.5. The molecule has 0 spiro atoms. The van der Waals surface area contributed by atoms with Crippen molar-refractivity contribution in [1.29, 1.82) is 0 Å². The molecule has 0 bridgehead atoms. The van der Waals surface area contributed by atoms with E-state index in [9.17, 15) is 19.5 Å². The number of aromatic nitrogens is 2. The van der Waals surface area contributed by atoms with Gasteiger partial charge < -0.3 is 24.0 Å². The van der Waals surface area contributed by atoms with E-state index in [1.165, 1.54) is 6.92 Å². The van der Waals surface area contributed by atoms with Gasteiger partial charge in [0, 0.05) is 41.6 Å². The highest BCUT2D eigenvalue weighted by atomic mass is 16.6. The van der Waals surface area contributed by atoms with Crippen LogP contribution in [-0.2, 0) is 44.3 Å². The number of rotatable bonds is 5. The van der Waals surface area contributed by atoms with Gasteiger partial charge in [0.15, 0.2) is 5.60 Å². The molecule has 0 fully saturated rings. The highest BCUT2D eigenvalue weighted by molar-refractivity contribution is 5.91. The number of fused-ring (bicyclic) bond motifs is 5. The van der Waals surface area contributed by atoms with Gasteiger partial charge in [0.25, 0.3) is 5.56 Å². The number of ether oxygens (including phenoxy) is 2. The third-order valence-electron chi connectivity index (χ3n) is 6.71. The maximum atomic E-state index is 13.4. The van der Waals surface area contributed by atoms with Gasteiger partial charge in [-0.25, -0.2) is 9.78 Å². The Labute approximate surface area is 218 Å². The SMILES string of the molecule is CCC1(O)C(=O)OCc2c1cc1n(c2=O)Cc2cc3c(CC=NOC(C)(C)C)c(OC(C)=O)ccc3nc2-1. The van der Waals surface area contributed by atoms with E-state index in [0.717, 1.165) is 10.9 Å². The van der Waals surface area contributed by atoms with E-state index in [0.29, 0.717) is 34.6 Å². The molecule has 10 nitrogen and oxygen atoms in total. The van der Waals surface area contributed by atoms with Gasteiger partial charge >= 0.3 is 11.9 Å². The topological polar surface area (TPSA) is 129 Å². The average molecular weight is 520 g/mol. The smallest absolute Gasteiger partial charge is 0.343 e. The summed E-state index contributed by atoms with van der Waals surface area (Å²) >= 11 is 0. The summed E-state index contributed by atoms with van der Waals surface area (Å²) in [6, 6.07) is 7.03. The molecule has 0 aliphatic carbocycles. The van der Waals surface area contributed by atoms with E-state index in [-0.39, 0.29) is 36.3 Å². The molecule has 0 amide bonds. The van der Waals surface area contributed by atoms with Crippen LogP contribution >= 0.6 is 0 Å². The lowest BCUT2D eigenvalue weighted by Crippen LogP contribution is -2.44. The predicted octanol–water partition coefficient (Wildman–Crippen LogP) is 3.35. The minimum Gasteiger partial charge on any atom is -0.458 e. The number of aliphatic hydroxyl groups is 1. The molecule has 2 aromatic heterocycles. The second kappa shape index (κ2) is 9.05. The van der Waals surface area contributed by atoms with Crippen LogP contribution in [0.25, 0.3) is 22.3 Å². The van der Waals surface area contributed by atoms with Crippen LogP contribution in [0, 0.1) is 0 Å². The quantitative estimate of drug-likeness (QED) is 0.184. The molecule has 3 aromatic rings. The molecular weight excluding hydrogens is 490 g/mol. The zero-order valence-electron chi connectivity index (χ0n) is 22.0. The van der Waals surface area contributed by atoms with Crippen molar-refractivity contribution >= 4 is 29.1 Å². The molecule has 5 rings (SSSR count). The first-order valence-corrected chi connectivity index (χ1v) is 12.4. The highest BCUT2D eigenvalue weighted by Crippen LogP contribution is 2.39. The molecular formula is C28H29N3O7. The monoisotopic (exact) mass is 519 g/mol. The zero-order valence-corrected chi connectivity index (χ0v) is 22.0. The van der Waals surface area contributed by atoms with Crippen LogP contribution in [0.3, 0.4) is 0 Å². The van der Waals surface area contributed by atoms with Gasteiger partial charge in [-0.15, -0.1) is 0 Å². The minimum atomic E-state index is -1.89. The highest BCUT2D eigenvalue weighted by Gasteiger charge is 2.45. The minimum absolute atomic E-state index is 0.0719. The summed E-state index contributed by atoms with van der Waals surface area (Å²) < 4.78 is 12.2. The summed E-state index contributed by atoms with van der Waals surface area (Å²) in [5, 5.41) is 15.9. The molecule has 0 saturated carbocycles. The standard InChI is InChI=1S/C28H29N3O7/c1-6-28(35)20-12-22-24-16(13-31(22)25(33)19(20)14-36-26(28)34)11-18-17(9-10-29-38-27(3,4)5)23(37-15(2)32)8-7-21(18)30-24/h7-8,10-12,35H,6,9,13-14H2,1-5H3. The van der Waals surface area contributed by atoms with Crippen molar-refractivity contribution in [2.75, 3.05) is 0 Å². The second-order valence-corrected chi connectivity index (χ2v) is 10.5. The summed E-state index contributed by atoms with van der Waals surface area (Å²) in [6.45, 7) is 8.74. The van der Waals surface area contributed by atoms with Crippen LogP contribution in [-0.4, -0.2) is 38.4 Å². The van der Waals surface area contributed by atoms with E-state index in [1.807, 2.05) is 26.8 Å². The number of hydrogen-bond donors (Lipinski definition) is 1. The van der Waals surface area contributed by atoms with Crippen LogP contribution in [0.1, 0.15) is 63.3 Å². The summed E-state index contributed by atoms with van der Waals surface area (Å²) in [4.78, 5) is 47.9. The molecule has 198 valence electrons. The summed E-state index contributed by atoms with van der Waals surface area (Å²) in [5.74, 6) is -0.825. The molecule has 1 aromatic carbocycles. The van der Waals surface area contributed by atoms with Gasteiger partial charge in [-0.05, 0) is 51.5 Å². The molecule has 1 N–H and O–H groups in total. The Morgan fingerprint density at radius 3 is 2.74 bits per heavy atom. The number of pyridine rings is 2. The molecule has 0 radical (unpaired) electrons. The lowest BCUT2D eigenvalue weighted by atomic mass is 9.86. The number of benzene rings is 1. The van der Waals surface area contributed by atoms with Crippen molar-refractivity contribution in [3.63, 3.8) is 0 Å². The van der Waals surface area contributed by atoms with Crippen molar-refractivity contribution in [2.45, 2.75) is 71.8 Å². The van der Waals surface area contributed by atoms with Gasteiger partial charge in [0.1, 0.15) is 18.0 Å². The Kier molecular flexibility index (Phi) is 6.10. The van der Waals surface area contributed by atoms with E-state index >= 15 is 0 Å². The van der Waals surface area contributed by atoms with Crippen LogP contribution in [0.15, 0.2) is 34.2 Å². The molecule has 2 aliphatic rings. The van der Waals surface area contributed by atoms with Gasteiger partial charge in [-0.2, -0.15) is 0 Å². The largest absolute Gasteiger partial charge is 0.458 e. The fourth-order valence-corrected chi connectivity index (χ4v) is 4.88. The first-order chi connectivity index (χ1) is 17.9. The Balaban J connectivity index is 1.64. The van der Waals surface area contributed by atoms with Crippen molar-refractivity contribution in [3.8, 4) is 17.1 Å². The third-order valence-corrected chi connectivity index (χ3v) is 6.71. The summed E-state index contributed by atoms with van der Waals surface area (Å²) in [5.41, 5.74) is 1.10. The first-order valence-electron chi connectivity index (χ1n) is 12.4. The van der Waals surface area contributed by atoms with Gasteiger partial charge in [-0.3, -0.25) is 9.59 Å². The van der Waals surface area contributed by atoms with Crippen molar-refractivity contribution in [2.24, 2.45) is 5.16 Å². The summed E-state index contributed by atoms with van der Waals surface area (Å²) in [6.07, 6.45) is 2.00. The number of nitrogens with zero attached hydrogens (tertiary/aromatic N) is 3. The number of esters is 2. The Morgan fingerprint density at radius 1 is 1.29 bits per heavy atom. The number of carbonyl (C=O) groups is 2. The molecule has 1 unspecified atom stereocenters. The van der Waals surface area contributed by atoms with E-state index < -0.39 is 23.1 Å². The zero-order chi connectivity index (χ0) is 27.4. The van der Waals surface area contributed by atoms with Crippen LogP contribution in [0.4, 0.5) is 0 Å². The van der Waals surface area contributed by atoms with Crippen LogP contribution < -0.4 is 10.3 Å². The van der Waals surface area contributed by atoms with Gasteiger partial charge in [0.2, 0.25) is 0 Å². The number of oxime groups is 1. The molecule has 38 heavy (non-hydrogen) atoms. The van der Waals surface area contributed by atoms with Crippen molar-refractivity contribution in [3.05, 3.63) is 56.9 Å². The normalized spacial score (nSPS) is 18.2. The lowest BCUT2D eigenvalue weighted by molar-refractivity contribution is -0.172. The molecule has 1 atom stereocenters. The fourth-order valence-electron chi connectivity index (χ4n) is 4.88. The molecule has 4 heterocycles. The van der Waals surface area contributed by atoms with E-state index in [4.69, 9.17) is 19.3 Å². The lowest BCUT2D eigenvalue weighted by Gasteiger charge is -2.31. The predicted molar refractivity (Wildman–Crippen MR) is 139 cm³/mol. The van der Waals surface area contributed by atoms with Gasteiger partial charge in [-0.1, -0.05) is 12.1 Å². The van der Waals surface area contributed by atoms with Crippen LogP contribution in [0.5, 0.6) is 5.75 Å². The third kappa shape index (κ3) is 4.24. The average Bonchev–Trinajstić information content (AvgIpc) is 3.21. The number of carbonyl (C=O) groups excluding carboxylic acids is 2. The number of hydrogen-bond acceptors (Lipinski definition) is 9. The van der Waals surface area contributed by atoms with Gasteiger partial charge in [0.05, 0.1) is 29.0 Å². The maximum Gasteiger partial charge on any atom is 0.343 e. The van der Waals surface area contributed by atoms with Crippen molar-refractivity contribution < 1.29 is 29.0 Å². The molecule has 0 saturated heterocycles. The Bertz CT molecular complexity index is 1580. The van der Waals surface area contributed by atoms with Crippen LogP contribution in [0.2, 0.25) is 0 Å². The first kappa shape index (κ1) is 25.6. The Morgan fingerprint density at radius 2 is 2.05 bits per heavy atom. The molecule has 10 heteroatoms. The maximum absolute atomic E-state index is 13.4. The van der Waals surface area contributed by atoms with Crippen molar-refractivity contribution in [1.82, 2.24) is 9.55 Å². The fraction of sp³-hybridized carbons (Fsp3) is 0.393.